The fraction of sp³-hybridized carbons (Fsp3) is 0.304. The van der Waals surface area contributed by atoms with Crippen molar-refractivity contribution in [2.45, 2.75) is 26.7 Å². The number of aromatic nitrogens is 2. The van der Waals surface area contributed by atoms with Crippen molar-refractivity contribution in [3.63, 3.8) is 0 Å². The van der Waals surface area contributed by atoms with Crippen LogP contribution in [0.15, 0.2) is 36.5 Å². The van der Waals surface area contributed by atoms with E-state index in [1.54, 1.807) is 32.2 Å². The molecule has 168 valence electrons. The minimum atomic E-state index is -0.929. The number of nitrogens with one attached hydrogen (secondary N) is 1. The number of carboxylic acid groups (broad SMARTS) is 1. The van der Waals surface area contributed by atoms with Gasteiger partial charge in [0.15, 0.2) is 5.65 Å². The van der Waals surface area contributed by atoms with Crippen molar-refractivity contribution >= 4 is 34.3 Å². The van der Waals surface area contributed by atoms with E-state index in [4.69, 9.17) is 19.3 Å². The lowest BCUT2D eigenvalue weighted by molar-refractivity contribution is -0.136. The highest BCUT2D eigenvalue weighted by Gasteiger charge is 2.20. The van der Waals surface area contributed by atoms with Crippen LogP contribution >= 0.6 is 0 Å². The Balaban J connectivity index is 2.15. The Bertz CT molecular complexity index is 1110. The van der Waals surface area contributed by atoms with Crippen LogP contribution in [0.5, 0.6) is 11.5 Å². The molecule has 0 spiro atoms. The quantitative estimate of drug-likeness (QED) is 0.452. The number of methoxy groups -OCH3 is 1. The second kappa shape index (κ2) is 10.4. The lowest BCUT2D eigenvalue weighted by atomic mass is 10.1. The number of carbonyl (C=O) groups excluding carboxylic acids is 1. The number of pyridine rings is 2. The third-order valence-corrected chi connectivity index (χ3v) is 4.63. The number of carbonyl (C=O) groups is 2. The standard InChI is InChI=1S/C23H25N3O6/c1-4-31-19-12-16-21(25-14-6-8-15(30-3)9-7-14)17(23(29)32-5-2)13-24-22(16)26-18(19)10-11-20(27)28/h6-9,12-13H,4-5,10-11H2,1-3H3,(H,27,28)(H,24,25,26). The number of rotatable bonds is 10. The Morgan fingerprint density at radius 3 is 2.50 bits per heavy atom. The van der Waals surface area contributed by atoms with E-state index < -0.39 is 11.9 Å². The van der Waals surface area contributed by atoms with Crippen molar-refractivity contribution in [1.82, 2.24) is 9.97 Å². The smallest absolute Gasteiger partial charge is 0.341 e. The van der Waals surface area contributed by atoms with E-state index in [0.29, 0.717) is 40.5 Å². The van der Waals surface area contributed by atoms with Gasteiger partial charge in [-0.3, -0.25) is 4.79 Å². The molecule has 9 heteroatoms. The highest BCUT2D eigenvalue weighted by molar-refractivity contribution is 6.05. The van der Waals surface area contributed by atoms with Crippen molar-refractivity contribution in [3.05, 3.63) is 47.8 Å². The second-order valence-corrected chi connectivity index (χ2v) is 6.75. The number of nitrogens with zero attached hydrogens (tertiary/aromatic N) is 2. The predicted molar refractivity (Wildman–Crippen MR) is 119 cm³/mol. The van der Waals surface area contributed by atoms with E-state index in [0.717, 1.165) is 5.69 Å². The number of fused-ring (bicyclic) bond motifs is 1. The van der Waals surface area contributed by atoms with Gasteiger partial charge in [0.05, 0.1) is 38.1 Å². The molecule has 3 rings (SSSR count). The predicted octanol–water partition coefficient (Wildman–Crippen LogP) is 3.97. The van der Waals surface area contributed by atoms with Crippen LogP contribution in [0.2, 0.25) is 0 Å². The molecule has 32 heavy (non-hydrogen) atoms. The summed E-state index contributed by atoms with van der Waals surface area (Å²) in [4.78, 5) is 32.5. The first kappa shape index (κ1) is 22.8. The van der Waals surface area contributed by atoms with Crippen molar-refractivity contribution in [1.29, 1.82) is 0 Å². The van der Waals surface area contributed by atoms with Gasteiger partial charge in [-0.25, -0.2) is 14.8 Å². The van der Waals surface area contributed by atoms with Crippen LogP contribution in [0.25, 0.3) is 11.0 Å². The maximum absolute atomic E-state index is 12.6. The molecule has 9 nitrogen and oxygen atoms in total. The van der Waals surface area contributed by atoms with E-state index >= 15 is 0 Å². The zero-order chi connectivity index (χ0) is 23.1. The molecular formula is C23H25N3O6. The molecule has 0 bridgehead atoms. The van der Waals surface area contributed by atoms with Crippen LogP contribution in [-0.4, -0.2) is 47.3 Å². The maximum atomic E-state index is 12.6. The zero-order valence-electron chi connectivity index (χ0n) is 18.2. The van der Waals surface area contributed by atoms with Crippen LogP contribution < -0.4 is 14.8 Å². The van der Waals surface area contributed by atoms with Gasteiger partial charge in [-0.2, -0.15) is 0 Å². The summed E-state index contributed by atoms with van der Waals surface area (Å²) in [6.07, 6.45) is 1.51. The van der Waals surface area contributed by atoms with Gasteiger partial charge in [0.25, 0.3) is 0 Å². The van der Waals surface area contributed by atoms with E-state index in [1.165, 1.54) is 6.20 Å². The van der Waals surface area contributed by atoms with Crippen LogP contribution in [-0.2, 0) is 16.0 Å². The molecule has 0 amide bonds. The van der Waals surface area contributed by atoms with Crippen molar-refractivity contribution in [2.24, 2.45) is 0 Å². The average Bonchev–Trinajstić information content (AvgIpc) is 2.78. The molecule has 0 unspecified atom stereocenters. The molecule has 0 atom stereocenters. The molecule has 2 aromatic heterocycles. The van der Waals surface area contributed by atoms with Gasteiger partial charge in [-0.05, 0) is 44.2 Å². The number of hydrogen-bond donors (Lipinski definition) is 2. The van der Waals surface area contributed by atoms with Crippen molar-refractivity contribution < 1.29 is 28.9 Å². The van der Waals surface area contributed by atoms with Crippen molar-refractivity contribution in [3.8, 4) is 11.5 Å². The highest BCUT2D eigenvalue weighted by atomic mass is 16.5. The van der Waals surface area contributed by atoms with E-state index in [9.17, 15) is 9.59 Å². The molecule has 0 saturated heterocycles. The Hall–Kier alpha value is -3.88. The van der Waals surface area contributed by atoms with Crippen molar-refractivity contribution in [2.75, 3.05) is 25.6 Å². The first-order chi connectivity index (χ1) is 15.5. The third-order valence-electron chi connectivity index (χ3n) is 4.63. The van der Waals surface area contributed by atoms with Crippen LogP contribution in [0, 0.1) is 0 Å². The Morgan fingerprint density at radius 1 is 1.12 bits per heavy atom. The first-order valence-electron chi connectivity index (χ1n) is 10.2. The monoisotopic (exact) mass is 439 g/mol. The van der Waals surface area contributed by atoms with Gasteiger partial charge in [0, 0.05) is 23.7 Å². The lowest BCUT2D eigenvalue weighted by Gasteiger charge is -2.16. The summed E-state index contributed by atoms with van der Waals surface area (Å²) >= 11 is 0. The maximum Gasteiger partial charge on any atom is 0.341 e. The molecule has 2 heterocycles. The fourth-order valence-electron chi connectivity index (χ4n) is 3.14. The zero-order valence-corrected chi connectivity index (χ0v) is 18.2. The van der Waals surface area contributed by atoms with Gasteiger partial charge in [0.1, 0.15) is 17.1 Å². The molecule has 3 aromatic rings. The molecule has 0 radical (unpaired) electrons. The molecule has 0 saturated carbocycles. The number of benzene rings is 1. The number of ether oxygens (including phenoxy) is 3. The Morgan fingerprint density at radius 2 is 1.88 bits per heavy atom. The van der Waals surface area contributed by atoms with Crippen LogP contribution in [0.1, 0.15) is 36.3 Å². The van der Waals surface area contributed by atoms with Gasteiger partial charge in [-0.15, -0.1) is 0 Å². The summed E-state index contributed by atoms with van der Waals surface area (Å²) in [5, 5.41) is 12.9. The fourth-order valence-corrected chi connectivity index (χ4v) is 3.14. The summed E-state index contributed by atoms with van der Waals surface area (Å²) in [6.45, 7) is 4.15. The Kier molecular flexibility index (Phi) is 7.43. The van der Waals surface area contributed by atoms with Gasteiger partial charge >= 0.3 is 11.9 Å². The summed E-state index contributed by atoms with van der Waals surface area (Å²) in [5.74, 6) is -0.307. The van der Waals surface area contributed by atoms with Gasteiger partial charge in [0.2, 0.25) is 0 Å². The van der Waals surface area contributed by atoms with E-state index in [2.05, 4.69) is 15.3 Å². The summed E-state index contributed by atoms with van der Waals surface area (Å²) < 4.78 is 16.1. The molecule has 1 aromatic carbocycles. The summed E-state index contributed by atoms with van der Waals surface area (Å²) in [6, 6.07) is 8.95. The van der Waals surface area contributed by atoms with Crippen LogP contribution in [0.4, 0.5) is 11.4 Å². The second-order valence-electron chi connectivity index (χ2n) is 6.75. The molecule has 0 aliphatic rings. The average molecular weight is 439 g/mol. The lowest BCUT2D eigenvalue weighted by Crippen LogP contribution is -2.10. The number of hydrogen-bond acceptors (Lipinski definition) is 8. The van der Waals surface area contributed by atoms with Crippen LogP contribution in [0.3, 0.4) is 0 Å². The third kappa shape index (κ3) is 5.23. The first-order valence-corrected chi connectivity index (χ1v) is 10.2. The normalized spacial score (nSPS) is 10.6. The SMILES string of the molecule is CCOC(=O)c1cnc2nc(CCC(=O)O)c(OCC)cc2c1Nc1ccc(OC)cc1. The largest absolute Gasteiger partial charge is 0.497 e. The molecule has 0 aliphatic heterocycles. The Labute approximate surface area is 185 Å². The van der Waals surface area contributed by atoms with Gasteiger partial charge in [-0.1, -0.05) is 0 Å². The van der Waals surface area contributed by atoms with Gasteiger partial charge < -0.3 is 24.6 Å². The molecular weight excluding hydrogens is 414 g/mol. The number of anilines is 2. The summed E-state index contributed by atoms with van der Waals surface area (Å²) in [5.41, 5.74) is 2.29. The topological polar surface area (TPSA) is 120 Å². The molecule has 0 aliphatic carbocycles. The van der Waals surface area contributed by atoms with E-state index in [-0.39, 0.29) is 25.0 Å². The number of aryl methyl sites for hydroxylation is 1. The number of aliphatic carboxylic acids is 1. The highest BCUT2D eigenvalue weighted by Crippen LogP contribution is 2.33. The number of esters is 1. The molecule has 0 fully saturated rings. The minimum Gasteiger partial charge on any atom is -0.497 e. The molecule has 2 N–H and O–H groups in total. The van der Waals surface area contributed by atoms with E-state index in [1.807, 2.05) is 19.1 Å². The minimum absolute atomic E-state index is 0.0869. The number of carboxylic acids is 1. The summed E-state index contributed by atoms with van der Waals surface area (Å²) in [7, 11) is 1.58.